The third kappa shape index (κ3) is 5.31. The Morgan fingerprint density at radius 3 is 2.34 bits per heavy atom. The molecule has 0 saturated carbocycles. The van der Waals surface area contributed by atoms with Gasteiger partial charge in [0.05, 0.1) is 4.92 Å². The summed E-state index contributed by atoms with van der Waals surface area (Å²) in [6.07, 6.45) is 1.84. The lowest BCUT2D eigenvalue weighted by atomic mass is 10.1. The number of nitro benzene ring substituents is 1. The van der Waals surface area contributed by atoms with Crippen LogP contribution in [-0.4, -0.2) is 41.4 Å². The Morgan fingerprint density at radius 2 is 1.66 bits per heavy atom. The molecule has 0 unspecified atom stereocenters. The molecule has 0 spiro atoms. The number of ether oxygens (including phenoxy) is 2. The van der Waals surface area contributed by atoms with E-state index in [9.17, 15) is 19.7 Å². The number of rotatable bonds is 7. The van der Waals surface area contributed by atoms with E-state index in [1.807, 2.05) is 6.07 Å². The van der Waals surface area contributed by atoms with Gasteiger partial charge in [-0.3, -0.25) is 14.9 Å². The summed E-state index contributed by atoms with van der Waals surface area (Å²) in [6.45, 7) is 0.723. The molecule has 1 heterocycles. The first-order chi connectivity index (χ1) is 14.1. The molecule has 2 aromatic carbocycles. The highest BCUT2D eigenvalue weighted by molar-refractivity contribution is 5.85. The Bertz CT molecular complexity index is 864. The lowest BCUT2D eigenvalue weighted by Crippen LogP contribution is -2.40. The van der Waals surface area contributed by atoms with E-state index in [4.69, 9.17) is 9.47 Å². The Morgan fingerprint density at radius 1 is 1.00 bits per heavy atom. The first kappa shape index (κ1) is 20.3. The molecule has 0 N–H and O–H groups in total. The van der Waals surface area contributed by atoms with E-state index < -0.39 is 23.6 Å². The summed E-state index contributed by atoms with van der Waals surface area (Å²) in [6, 6.07) is 14.6. The zero-order chi connectivity index (χ0) is 20.6. The van der Waals surface area contributed by atoms with Crippen molar-refractivity contribution in [2.75, 3.05) is 19.7 Å². The molecule has 3 rings (SSSR count). The molecular weight excluding hydrogens is 376 g/mol. The van der Waals surface area contributed by atoms with Crippen LogP contribution in [0.25, 0.3) is 0 Å². The highest BCUT2D eigenvalue weighted by atomic mass is 16.6. The Labute approximate surface area is 168 Å². The van der Waals surface area contributed by atoms with Crippen molar-refractivity contribution in [3.63, 3.8) is 0 Å². The number of hydrogen-bond donors (Lipinski definition) is 0. The van der Waals surface area contributed by atoms with Gasteiger partial charge in [-0.05, 0) is 25.3 Å². The van der Waals surface area contributed by atoms with Gasteiger partial charge in [0.2, 0.25) is 6.10 Å². The molecule has 1 fully saturated rings. The van der Waals surface area contributed by atoms with E-state index in [0.717, 1.165) is 19.3 Å². The number of amides is 1. The van der Waals surface area contributed by atoms with Gasteiger partial charge in [0, 0.05) is 24.7 Å². The average Bonchev–Trinajstić information content (AvgIpc) is 2.77. The SMILES string of the molecule is O=C(COc1ccccc1[N+](=O)[O-])O[C@H](C(=O)N1CCCCC1)c1ccccc1. The molecule has 1 saturated heterocycles. The quantitative estimate of drug-likeness (QED) is 0.403. The topological polar surface area (TPSA) is 99.0 Å². The van der Waals surface area contributed by atoms with Gasteiger partial charge in [-0.15, -0.1) is 0 Å². The summed E-state index contributed by atoms with van der Waals surface area (Å²) in [7, 11) is 0. The second-order valence-corrected chi connectivity index (χ2v) is 6.68. The van der Waals surface area contributed by atoms with Crippen molar-refractivity contribution in [2.24, 2.45) is 0 Å². The number of para-hydroxylation sites is 2. The molecule has 152 valence electrons. The predicted molar refractivity (Wildman–Crippen MR) is 104 cm³/mol. The number of carbonyl (C=O) groups excluding carboxylic acids is 2. The summed E-state index contributed by atoms with van der Waals surface area (Å²) in [5, 5.41) is 11.1. The number of likely N-dealkylation sites (tertiary alicyclic amines) is 1. The lowest BCUT2D eigenvalue weighted by molar-refractivity contribution is -0.385. The van der Waals surface area contributed by atoms with Crippen LogP contribution in [0.4, 0.5) is 5.69 Å². The summed E-state index contributed by atoms with van der Waals surface area (Å²) in [5.41, 5.74) is 0.325. The minimum absolute atomic E-state index is 0.0342. The summed E-state index contributed by atoms with van der Waals surface area (Å²) < 4.78 is 10.7. The van der Waals surface area contributed by atoms with Crippen LogP contribution in [0.2, 0.25) is 0 Å². The highest BCUT2D eigenvalue weighted by Crippen LogP contribution is 2.26. The maximum atomic E-state index is 13.0. The number of nitro groups is 1. The van der Waals surface area contributed by atoms with Gasteiger partial charge in [0.15, 0.2) is 12.4 Å². The van der Waals surface area contributed by atoms with Crippen molar-refractivity contribution in [3.8, 4) is 5.75 Å². The van der Waals surface area contributed by atoms with Gasteiger partial charge >= 0.3 is 11.7 Å². The fourth-order valence-electron chi connectivity index (χ4n) is 3.20. The number of hydrogen-bond acceptors (Lipinski definition) is 6. The van der Waals surface area contributed by atoms with Crippen molar-refractivity contribution in [3.05, 3.63) is 70.3 Å². The van der Waals surface area contributed by atoms with Crippen LogP contribution in [0.5, 0.6) is 5.75 Å². The van der Waals surface area contributed by atoms with E-state index in [0.29, 0.717) is 18.7 Å². The molecule has 0 aliphatic carbocycles. The van der Waals surface area contributed by atoms with E-state index in [2.05, 4.69) is 0 Å². The first-order valence-electron chi connectivity index (χ1n) is 9.45. The number of esters is 1. The predicted octanol–water partition coefficient (Wildman–Crippen LogP) is 3.27. The third-order valence-corrected chi connectivity index (χ3v) is 4.65. The van der Waals surface area contributed by atoms with Crippen LogP contribution in [-0.2, 0) is 14.3 Å². The lowest BCUT2D eigenvalue weighted by Gasteiger charge is -2.30. The Balaban J connectivity index is 1.70. The molecule has 1 aliphatic heterocycles. The molecule has 0 radical (unpaired) electrons. The minimum atomic E-state index is -1.07. The molecule has 0 aromatic heterocycles. The van der Waals surface area contributed by atoms with E-state index in [1.165, 1.54) is 18.2 Å². The van der Waals surface area contributed by atoms with Crippen LogP contribution < -0.4 is 4.74 Å². The smallest absolute Gasteiger partial charge is 0.345 e. The molecule has 8 nitrogen and oxygen atoms in total. The fourth-order valence-corrected chi connectivity index (χ4v) is 3.20. The molecule has 1 atom stereocenters. The number of piperidine rings is 1. The van der Waals surface area contributed by atoms with Crippen molar-refractivity contribution < 1.29 is 24.0 Å². The van der Waals surface area contributed by atoms with Gasteiger partial charge < -0.3 is 14.4 Å². The van der Waals surface area contributed by atoms with Crippen molar-refractivity contribution >= 4 is 17.6 Å². The second kappa shape index (κ2) is 9.68. The summed E-state index contributed by atoms with van der Waals surface area (Å²) in [4.78, 5) is 37.5. The number of benzene rings is 2. The van der Waals surface area contributed by atoms with Gasteiger partial charge in [-0.2, -0.15) is 0 Å². The van der Waals surface area contributed by atoms with Crippen molar-refractivity contribution in [1.29, 1.82) is 0 Å². The van der Waals surface area contributed by atoms with Crippen LogP contribution >= 0.6 is 0 Å². The van der Waals surface area contributed by atoms with Crippen LogP contribution in [0, 0.1) is 10.1 Å². The normalized spacial score (nSPS) is 14.7. The number of nitrogens with zero attached hydrogens (tertiary/aromatic N) is 2. The standard InChI is InChI=1S/C21H22N2O6/c24-19(15-28-18-12-6-5-11-17(18)23(26)27)29-20(16-9-3-1-4-10-16)21(25)22-13-7-2-8-14-22/h1,3-6,9-12,20H,2,7-8,13-15H2/t20-/m0/s1. The van der Waals surface area contributed by atoms with Crippen LogP contribution in [0.1, 0.15) is 30.9 Å². The van der Waals surface area contributed by atoms with Gasteiger partial charge in [0.1, 0.15) is 0 Å². The van der Waals surface area contributed by atoms with Crippen LogP contribution in [0.3, 0.4) is 0 Å². The van der Waals surface area contributed by atoms with Crippen molar-refractivity contribution in [2.45, 2.75) is 25.4 Å². The van der Waals surface area contributed by atoms with Gasteiger partial charge in [-0.1, -0.05) is 42.5 Å². The van der Waals surface area contributed by atoms with Crippen LogP contribution in [0.15, 0.2) is 54.6 Å². The molecule has 8 heteroatoms. The second-order valence-electron chi connectivity index (χ2n) is 6.68. The van der Waals surface area contributed by atoms with E-state index in [1.54, 1.807) is 35.2 Å². The molecule has 29 heavy (non-hydrogen) atoms. The molecule has 2 aromatic rings. The molecule has 1 amide bonds. The zero-order valence-corrected chi connectivity index (χ0v) is 15.9. The minimum Gasteiger partial charge on any atom is -0.475 e. The molecular formula is C21H22N2O6. The maximum Gasteiger partial charge on any atom is 0.345 e. The van der Waals surface area contributed by atoms with Crippen molar-refractivity contribution in [1.82, 2.24) is 4.90 Å². The monoisotopic (exact) mass is 398 g/mol. The Kier molecular flexibility index (Phi) is 6.78. The summed E-state index contributed by atoms with van der Waals surface area (Å²) in [5.74, 6) is -1.08. The zero-order valence-electron chi connectivity index (χ0n) is 15.9. The molecule has 0 bridgehead atoms. The summed E-state index contributed by atoms with van der Waals surface area (Å²) >= 11 is 0. The number of carbonyl (C=O) groups is 2. The van der Waals surface area contributed by atoms with Gasteiger partial charge in [0.25, 0.3) is 5.91 Å². The average molecular weight is 398 g/mol. The fraction of sp³-hybridized carbons (Fsp3) is 0.333. The van der Waals surface area contributed by atoms with E-state index in [-0.39, 0.29) is 17.3 Å². The first-order valence-corrected chi connectivity index (χ1v) is 9.45. The van der Waals surface area contributed by atoms with E-state index >= 15 is 0 Å². The Hall–Kier alpha value is -3.42. The highest BCUT2D eigenvalue weighted by Gasteiger charge is 2.30. The largest absolute Gasteiger partial charge is 0.475 e. The molecule has 1 aliphatic rings. The third-order valence-electron chi connectivity index (χ3n) is 4.65. The van der Waals surface area contributed by atoms with Gasteiger partial charge in [-0.25, -0.2) is 4.79 Å². The maximum absolute atomic E-state index is 13.0.